The summed E-state index contributed by atoms with van der Waals surface area (Å²) in [5.74, 6) is -3.07. The lowest BCUT2D eigenvalue weighted by Gasteiger charge is -2.46. The number of carbonyl (C=O) groups excluding carboxylic acids is 3. The fourth-order valence-electron chi connectivity index (χ4n) is 7.41. The largest absolute Gasteiger partial charge is 0.507 e. The number of fused-ring (bicyclic) bond motifs is 3. The molecule has 250 valence electrons. The van der Waals surface area contributed by atoms with Crippen LogP contribution in [0.1, 0.15) is 88.6 Å². The summed E-state index contributed by atoms with van der Waals surface area (Å²) < 4.78 is 23.3. The van der Waals surface area contributed by atoms with E-state index in [1.807, 2.05) is 0 Å². The number of hydrogen-bond donors (Lipinski definition) is 4. The van der Waals surface area contributed by atoms with Crippen molar-refractivity contribution in [1.29, 1.82) is 0 Å². The molecule has 6 rings (SSSR count). The van der Waals surface area contributed by atoms with Gasteiger partial charge >= 0.3 is 0 Å². The number of phenols is 2. The normalized spacial score (nSPS) is 29.7. The van der Waals surface area contributed by atoms with E-state index in [4.69, 9.17) is 18.9 Å². The molecule has 6 unspecified atom stereocenters. The zero-order valence-electron chi connectivity index (χ0n) is 26.1. The Bertz CT molecular complexity index is 1550. The predicted octanol–water partition coefficient (Wildman–Crippen LogP) is 2.60. The number of nitrogens with zero attached hydrogens (tertiary/aromatic N) is 1. The lowest BCUT2D eigenvalue weighted by molar-refractivity contribution is -0.259. The molecule has 4 aliphatic rings. The van der Waals surface area contributed by atoms with E-state index >= 15 is 0 Å². The van der Waals surface area contributed by atoms with E-state index in [1.54, 1.807) is 14.0 Å². The zero-order valence-corrected chi connectivity index (χ0v) is 27.0. The maximum Gasteiger partial charge on any atom is 0.202 e. The number of ketones is 3. The molecule has 6 atom stereocenters. The molecule has 2 aliphatic heterocycles. The van der Waals surface area contributed by atoms with Gasteiger partial charge in [-0.15, -0.1) is 12.4 Å². The highest BCUT2D eigenvalue weighted by atomic mass is 35.5. The molecule has 2 saturated heterocycles. The summed E-state index contributed by atoms with van der Waals surface area (Å²) in [7, 11) is 3.04. The van der Waals surface area contributed by atoms with E-state index in [-0.39, 0.29) is 65.4 Å². The van der Waals surface area contributed by atoms with E-state index in [1.165, 1.54) is 32.2 Å². The van der Waals surface area contributed by atoms with E-state index in [9.17, 15) is 34.8 Å². The number of rotatable bonds is 6. The van der Waals surface area contributed by atoms with Crippen molar-refractivity contribution in [2.45, 2.75) is 88.3 Å². The quantitative estimate of drug-likeness (QED) is 0.285. The Morgan fingerprint density at radius 1 is 1.04 bits per heavy atom. The molecular weight excluding hydrogens is 622 g/mol. The summed E-state index contributed by atoms with van der Waals surface area (Å²) in [6, 6.07) is 4.17. The van der Waals surface area contributed by atoms with E-state index in [0.717, 1.165) is 12.8 Å². The molecule has 4 N–H and O–H groups in total. The van der Waals surface area contributed by atoms with Gasteiger partial charge in [-0.3, -0.25) is 19.3 Å². The molecule has 2 fully saturated rings. The van der Waals surface area contributed by atoms with Crippen molar-refractivity contribution >= 4 is 29.8 Å². The van der Waals surface area contributed by atoms with Crippen molar-refractivity contribution in [3.63, 3.8) is 0 Å². The molecule has 2 aliphatic carbocycles. The highest BCUT2D eigenvalue weighted by Crippen LogP contribution is 2.52. The zero-order chi connectivity index (χ0) is 32.4. The first-order chi connectivity index (χ1) is 21.4. The molecule has 2 aromatic rings. The van der Waals surface area contributed by atoms with E-state index in [0.29, 0.717) is 13.1 Å². The molecule has 0 amide bonds. The minimum absolute atomic E-state index is 0. The molecule has 0 saturated carbocycles. The predicted molar refractivity (Wildman–Crippen MR) is 165 cm³/mol. The molecule has 0 radical (unpaired) electrons. The first-order valence-corrected chi connectivity index (χ1v) is 15.3. The molecule has 0 spiro atoms. The van der Waals surface area contributed by atoms with Crippen LogP contribution in [0.15, 0.2) is 18.2 Å². The van der Waals surface area contributed by atoms with Crippen molar-refractivity contribution in [2.75, 3.05) is 27.3 Å². The number of halogens is 1. The third kappa shape index (κ3) is 5.49. The van der Waals surface area contributed by atoms with Crippen molar-refractivity contribution in [1.82, 2.24) is 4.90 Å². The Morgan fingerprint density at radius 3 is 2.35 bits per heavy atom. The van der Waals surface area contributed by atoms with Crippen molar-refractivity contribution in [3.8, 4) is 17.2 Å². The molecular formula is C33H40ClNO11. The number of carbonyl (C=O) groups is 3. The van der Waals surface area contributed by atoms with Crippen LogP contribution in [-0.4, -0.2) is 106 Å². The second-order valence-corrected chi connectivity index (χ2v) is 12.5. The van der Waals surface area contributed by atoms with Crippen LogP contribution in [0.3, 0.4) is 0 Å². The number of aliphatic hydroxyl groups excluding tert-OH is 1. The van der Waals surface area contributed by atoms with Crippen LogP contribution in [-0.2, 0) is 25.4 Å². The lowest BCUT2D eigenvalue weighted by Crippen LogP contribution is -2.57. The smallest absolute Gasteiger partial charge is 0.202 e. The Balaban J connectivity index is 0.00000417. The average molecular weight is 662 g/mol. The van der Waals surface area contributed by atoms with Crippen LogP contribution in [0.2, 0.25) is 0 Å². The summed E-state index contributed by atoms with van der Waals surface area (Å²) in [6.45, 7) is 4.35. The van der Waals surface area contributed by atoms with Gasteiger partial charge in [0, 0.05) is 62.2 Å². The Morgan fingerprint density at radius 2 is 1.72 bits per heavy atom. The topological polar surface area (TPSA) is 172 Å². The fraction of sp³-hybridized carbons (Fsp3) is 0.545. The maximum atomic E-state index is 13.9. The molecule has 13 heteroatoms. The number of piperidine rings is 1. The summed E-state index contributed by atoms with van der Waals surface area (Å²) in [5.41, 5.74) is -2.92. The molecule has 46 heavy (non-hydrogen) atoms. The van der Waals surface area contributed by atoms with Crippen molar-refractivity contribution in [2.24, 2.45) is 0 Å². The summed E-state index contributed by atoms with van der Waals surface area (Å²) in [6.07, 6.45) is -2.29. The minimum Gasteiger partial charge on any atom is -0.507 e. The average Bonchev–Trinajstić information content (AvgIpc) is 3.02. The highest BCUT2D eigenvalue weighted by molar-refractivity contribution is 6.31. The second kappa shape index (κ2) is 12.8. The SMILES string of the molecule is COc1cccc2c1C(=O)c1c(O)c3c(c(O)c1C2=O)CC(O)(C(C)=O)CC3OC1CC(N2CCC(OC)CC2)C(O)C(C)O1.Cl. The van der Waals surface area contributed by atoms with E-state index < -0.39 is 76.6 Å². The third-order valence-electron chi connectivity index (χ3n) is 10.0. The number of aliphatic hydroxyl groups is 2. The van der Waals surface area contributed by atoms with Crippen LogP contribution < -0.4 is 4.74 Å². The number of Topliss-reactive ketones (excluding diaryl/α,β-unsaturated/α-hetero) is 1. The monoisotopic (exact) mass is 661 g/mol. The summed E-state index contributed by atoms with van der Waals surface area (Å²) in [5, 5.41) is 45.8. The number of phenolic OH excluding ortho intramolecular Hbond substituents is 2. The minimum atomic E-state index is -2.00. The number of benzene rings is 2. The van der Waals surface area contributed by atoms with Crippen molar-refractivity contribution < 1.29 is 53.8 Å². The first-order valence-electron chi connectivity index (χ1n) is 15.3. The standard InChI is InChI=1S/C33H39NO11.ClH/c1-15-28(36)20(34-10-8-17(42-3)9-11-34)12-23(44-15)45-22-14-33(41,16(2)35)13-19-25(22)32(40)27-26(30(19)38)29(37)18-6-5-7-21(43-4)24(18)31(27)39;/h5-7,15,17,20,22-23,28,36,38,40-41H,8-14H2,1-4H3;1H. The van der Waals surface area contributed by atoms with Crippen LogP contribution in [0, 0.1) is 0 Å². The van der Waals surface area contributed by atoms with Gasteiger partial charge in [0.2, 0.25) is 5.78 Å². The Hall–Kier alpha value is -3.10. The summed E-state index contributed by atoms with van der Waals surface area (Å²) in [4.78, 5) is 42.4. The number of aromatic hydroxyl groups is 2. The number of ether oxygens (including phenoxy) is 4. The van der Waals surface area contributed by atoms with Gasteiger partial charge in [0.1, 0.15) is 22.8 Å². The molecule has 0 bridgehead atoms. The Labute approximate surface area is 272 Å². The van der Waals surface area contributed by atoms with Gasteiger partial charge in [-0.2, -0.15) is 0 Å². The van der Waals surface area contributed by atoms with Crippen LogP contribution >= 0.6 is 12.4 Å². The van der Waals surface area contributed by atoms with Crippen molar-refractivity contribution in [3.05, 3.63) is 51.6 Å². The van der Waals surface area contributed by atoms with Crippen LogP contribution in [0.4, 0.5) is 0 Å². The maximum absolute atomic E-state index is 13.9. The van der Waals surface area contributed by atoms with Gasteiger partial charge < -0.3 is 39.4 Å². The van der Waals surface area contributed by atoms with Gasteiger partial charge in [-0.25, -0.2) is 0 Å². The fourth-order valence-corrected chi connectivity index (χ4v) is 7.41. The van der Waals surface area contributed by atoms with Gasteiger partial charge in [-0.1, -0.05) is 12.1 Å². The lowest BCUT2D eigenvalue weighted by atomic mass is 9.72. The number of methoxy groups -OCH3 is 2. The van der Waals surface area contributed by atoms with Gasteiger partial charge in [0.25, 0.3) is 0 Å². The highest BCUT2D eigenvalue weighted by Gasteiger charge is 2.50. The Kier molecular flexibility index (Phi) is 9.55. The molecule has 0 aromatic heterocycles. The third-order valence-corrected chi connectivity index (χ3v) is 10.0. The molecule has 2 heterocycles. The van der Waals surface area contributed by atoms with Crippen LogP contribution in [0.5, 0.6) is 17.2 Å². The van der Waals surface area contributed by atoms with Gasteiger partial charge in [-0.05, 0) is 32.8 Å². The second-order valence-electron chi connectivity index (χ2n) is 12.5. The van der Waals surface area contributed by atoms with Gasteiger partial charge in [0.15, 0.2) is 17.9 Å². The first kappa shape index (κ1) is 34.2. The summed E-state index contributed by atoms with van der Waals surface area (Å²) >= 11 is 0. The van der Waals surface area contributed by atoms with Crippen LogP contribution in [0.25, 0.3) is 0 Å². The van der Waals surface area contributed by atoms with E-state index in [2.05, 4.69) is 4.90 Å². The molecule has 2 aromatic carbocycles. The number of hydrogen-bond acceptors (Lipinski definition) is 12. The number of likely N-dealkylation sites (tertiary alicyclic amines) is 1. The molecule has 12 nitrogen and oxygen atoms in total. The van der Waals surface area contributed by atoms with Gasteiger partial charge in [0.05, 0.1) is 48.2 Å².